The zero-order valence-corrected chi connectivity index (χ0v) is 13.6. The van der Waals surface area contributed by atoms with Crippen molar-refractivity contribution >= 4 is 35.0 Å². The molecule has 1 N–H and O–H groups in total. The van der Waals surface area contributed by atoms with E-state index in [-0.39, 0.29) is 17.2 Å². The number of aromatic nitrogens is 3. The van der Waals surface area contributed by atoms with Crippen molar-refractivity contribution in [3.05, 3.63) is 35.6 Å². The first-order valence-electron chi connectivity index (χ1n) is 6.60. The summed E-state index contributed by atoms with van der Waals surface area (Å²) >= 11 is 7.20. The lowest BCUT2D eigenvalue weighted by atomic mass is 10.3. The van der Waals surface area contributed by atoms with Crippen LogP contribution in [0.3, 0.4) is 0 Å². The summed E-state index contributed by atoms with van der Waals surface area (Å²) in [6.45, 7) is 5.94. The Labute approximate surface area is 133 Å². The van der Waals surface area contributed by atoms with E-state index in [9.17, 15) is 4.79 Å². The van der Waals surface area contributed by atoms with Gasteiger partial charge in [-0.1, -0.05) is 23.4 Å². The summed E-state index contributed by atoms with van der Waals surface area (Å²) in [6.07, 6.45) is 1.68. The van der Waals surface area contributed by atoms with Gasteiger partial charge in [0.1, 0.15) is 6.33 Å². The van der Waals surface area contributed by atoms with Crippen molar-refractivity contribution < 1.29 is 4.79 Å². The predicted octanol–water partition coefficient (Wildman–Crippen LogP) is 3.63. The lowest BCUT2D eigenvalue weighted by molar-refractivity contribution is -0.115. The highest BCUT2D eigenvalue weighted by Crippen LogP contribution is 2.24. The van der Waals surface area contributed by atoms with Gasteiger partial charge in [-0.15, -0.1) is 10.2 Å². The summed E-state index contributed by atoms with van der Waals surface area (Å²) in [5.41, 5.74) is 0.724. The summed E-state index contributed by atoms with van der Waals surface area (Å²) < 4.78 is 1.94. The van der Waals surface area contributed by atoms with Crippen molar-refractivity contribution in [1.82, 2.24) is 14.8 Å². The van der Waals surface area contributed by atoms with Crippen molar-refractivity contribution in [3.63, 3.8) is 0 Å². The third kappa shape index (κ3) is 4.22. The molecule has 5 nitrogen and oxygen atoms in total. The Bertz CT molecular complexity index is 612. The molecule has 1 heterocycles. The van der Waals surface area contributed by atoms with Gasteiger partial charge in [0.25, 0.3) is 0 Å². The second kappa shape index (κ2) is 6.95. The molecule has 0 bridgehead atoms. The lowest BCUT2D eigenvalue weighted by Gasteiger charge is -2.14. The topological polar surface area (TPSA) is 59.8 Å². The quantitative estimate of drug-likeness (QED) is 0.853. The van der Waals surface area contributed by atoms with Gasteiger partial charge in [0.15, 0.2) is 5.16 Å². The lowest BCUT2D eigenvalue weighted by Crippen LogP contribution is -2.23. The summed E-state index contributed by atoms with van der Waals surface area (Å²) in [5.74, 6) is -0.0828. The predicted molar refractivity (Wildman–Crippen MR) is 85.8 cm³/mol. The van der Waals surface area contributed by atoms with Crippen LogP contribution >= 0.6 is 23.4 Å². The standard InChI is InChI=1S/C14H17ClN4OS/c1-9(2)19-8-16-18-14(19)21-10(3)13(20)17-12-6-4-11(15)5-7-12/h4-10H,1-3H3,(H,17,20)/t10-/m1/s1. The fraction of sp³-hybridized carbons (Fsp3) is 0.357. The summed E-state index contributed by atoms with van der Waals surface area (Å²) in [4.78, 5) is 12.2. The second-order valence-electron chi connectivity index (χ2n) is 4.87. The van der Waals surface area contributed by atoms with Gasteiger partial charge in [-0.3, -0.25) is 4.79 Å². The van der Waals surface area contributed by atoms with E-state index in [1.807, 2.05) is 25.3 Å². The Kier molecular flexibility index (Phi) is 5.25. The molecule has 2 aromatic rings. The van der Waals surface area contributed by atoms with Gasteiger partial charge >= 0.3 is 0 Å². The number of anilines is 1. The van der Waals surface area contributed by atoms with E-state index in [1.54, 1.807) is 30.6 Å². The Morgan fingerprint density at radius 3 is 2.57 bits per heavy atom. The molecule has 7 heteroatoms. The van der Waals surface area contributed by atoms with Gasteiger partial charge < -0.3 is 9.88 Å². The summed E-state index contributed by atoms with van der Waals surface area (Å²) in [7, 11) is 0. The molecule has 0 saturated heterocycles. The average molecular weight is 325 g/mol. The highest BCUT2D eigenvalue weighted by atomic mass is 35.5. The Morgan fingerprint density at radius 2 is 1.95 bits per heavy atom. The molecule has 1 atom stereocenters. The van der Waals surface area contributed by atoms with E-state index in [0.717, 1.165) is 10.8 Å². The fourth-order valence-corrected chi connectivity index (χ4v) is 2.74. The number of carbonyl (C=O) groups is 1. The molecule has 0 fully saturated rings. The molecule has 0 aliphatic carbocycles. The van der Waals surface area contributed by atoms with Crippen LogP contribution in [0.1, 0.15) is 26.8 Å². The molecule has 112 valence electrons. The number of hydrogen-bond donors (Lipinski definition) is 1. The van der Waals surface area contributed by atoms with Crippen LogP contribution in [0.15, 0.2) is 35.7 Å². The molecule has 0 saturated carbocycles. The van der Waals surface area contributed by atoms with Crippen molar-refractivity contribution in [3.8, 4) is 0 Å². The van der Waals surface area contributed by atoms with Crippen LogP contribution in [0.25, 0.3) is 0 Å². The summed E-state index contributed by atoms with van der Waals surface area (Å²) in [5, 5.41) is 11.9. The minimum Gasteiger partial charge on any atom is -0.325 e. The van der Waals surface area contributed by atoms with E-state index >= 15 is 0 Å². The SMILES string of the molecule is CC(C)n1cnnc1S[C@H](C)C(=O)Nc1ccc(Cl)cc1. The zero-order valence-electron chi connectivity index (χ0n) is 12.1. The number of thioether (sulfide) groups is 1. The molecule has 0 aliphatic rings. The third-order valence-corrected chi connectivity index (χ3v) is 4.18. The molecule has 1 amide bonds. The van der Waals surface area contributed by atoms with Crippen LogP contribution < -0.4 is 5.32 Å². The van der Waals surface area contributed by atoms with E-state index in [2.05, 4.69) is 15.5 Å². The minimum absolute atomic E-state index is 0.0828. The van der Waals surface area contributed by atoms with E-state index in [4.69, 9.17) is 11.6 Å². The molecular weight excluding hydrogens is 308 g/mol. The van der Waals surface area contributed by atoms with Gasteiger partial charge in [0.05, 0.1) is 5.25 Å². The first-order chi connectivity index (χ1) is 9.97. The maximum atomic E-state index is 12.2. The summed E-state index contributed by atoms with van der Waals surface area (Å²) in [6, 6.07) is 7.28. The van der Waals surface area contributed by atoms with Crippen molar-refractivity contribution in [2.45, 2.75) is 37.2 Å². The first kappa shape index (κ1) is 15.9. The van der Waals surface area contributed by atoms with Crippen LogP contribution in [0.2, 0.25) is 5.02 Å². The van der Waals surface area contributed by atoms with Crippen LogP contribution in [0.4, 0.5) is 5.69 Å². The van der Waals surface area contributed by atoms with Gasteiger partial charge in [-0.05, 0) is 45.0 Å². The van der Waals surface area contributed by atoms with Gasteiger partial charge in [0.2, 0.25) is 5.91 Å². The molecule has 0 unspecified atom stereocenters. The molecule has 0 aliphatic heterocycles. The van der Waals surface area contributed by atoms with E-state index < -0.39 is 0 Å². The zero-order chi connectivity index (χ0) is 15.4. The van der Waals surface area contributed by atoms with Crippen molar-refractivity contribution in [1.29, 1.82) is 0 Å². The number of nitrogens with one attached hydrogen (secondary N) is 1. The van der Waals surface area contributed by atoms with Crippen LogP contribution in [0.5, 0.6) is 0 Å². The van der Waals surface area contributed by atoms with Crippen molar-refractivity contribution in [2.75, 3.05) is 5.32 Å². The first-order valence-corrected chi connectivity index (χ1v) is 7.85. The van der Waals surface area contributed by atoms with Gasteiger partial charge in [-0.2, -0.15) is 0 Å². The van der Waals surface area contributed by atoms with Crippen LogP contribution in [-0.4, -0.2) is 25.9 Å². The Balaban J connectivity index is 1.99. The number of amides is 1. The highest BCUT2D eigenvalue weighted by molar-refractivity contribution is 8.00. The maximum absolute atomic E-state index is 12.2. The van der Waals surface area contributed by atoms with Crippen LogP contribution in [-0.2, 0) is 4.79 Å². The number of carbonyl (C=O) groups excluding carboxylic acids is 1. The molecule has 1 aromatic carbocycles. The van der Waals surface area contributed by atoms with Crippen LogP contribution in [0, 0.1) is 0 Å². The van der Waals surface area contributed by atoms with Crippen molar-refractivity contribution in [2.24, 2.45) is 0 Å². The number of benzene rings is 1. The number of hydrogen-bond acceptors (Lipinski definition) is 4. The molecular formula is C14H17ClN4OS. The van der Waals surface area contributed by atoms with Gasteiger partial charge in [-0.25, -0.2) is 0 Å². The van der Waals surface area contributed by atoms with Gasteiger partial charge in [0, 0.05) is 16.8 Å². The number of nitrogens with zero attached hydrogens (tertiary/aromatic N) is 3. The average Bonchev–Trinajstić information content (AvgIpc) is 2.89. The number of halogens is 1. The molecule has 1 aromatic heterocycles. The van der Waals surface area contributed by atoms with E-state index in [1.165, 1.54) is 11.8 Å². The monoisotopic (exact) mass is 324 g/mol. The Hall–Kier alpha value is -1.53. The maximum Gasteiger partial charge on any atom is 0.237 e. The molecule has 0 spiro atoms. The normalized spacial score (nSPS) is 12.4. The molecule has 21 heavy (non-hydrogen) atoms. The van der Waals surface area contributed by atoms with E-state index in [0.29, 0.717) is 5.02 Å². The minimum atomic E-state index is -0.276. The largest absolute Gasteiger partial charge is 0.325 e. The highest BCUT2D eigenvalue weighted by Gasteiger charge is 2.18. The molecule has 2 rings (SSSR count). The fourth-order valence-electron chi connectivity index (χ4n) is 1.66. The second-order valence-corrected chi connectivity index (χ2v) is 6.62. The molecule has 0 radical (unpaired) electrons. The number of rotatable bonds is 5. The smallest absolute Gasteiger partial charge is 0.237 e. The Morgan fingerprint density at radius 1 is 1.29 bits per heavy atom. The third-order valence-electron chi connectivity index (χ3n) is 2.86.